The molecule has 6 N–H and O–H groups in total. The number of unbranched alkanes of at least 4 members (excludes halogenated alkanes) is 2. The zero-order valence-corrected chi connectivity index (χ0v) is 21.0. The number of ether oxygens (including phenoxy) is 5. The van der Waals surface area contributed by atoms with E-state index in [2.05, 4.69) is 10.6 Å². The molecule has 1 rings (SSSR count). The molecule has 0 aliphatic carbocycles. The third-order valence-electron chi connectivity index (χ3n) is 5.29. The van der Waals surface area contributed by atoms with E-state index in [-0.39, 0.29) is 57.5 Å². The number of aliphatic hydroxyl groups excluding tert-OH is 4. The maximum absolute atomic E-state index is 11.8. The average molecular weight is 525 g/mol. The molecule has 0 aromatic carbocycles. The summed E-state index contributed by atoms with van der Waals surface area (Å²) in [5, 5.41) is 42.7. The van der Waals surface area contributed by atoms with Gasteiger partial charge in [-0.2, -0.15) is 0 Å². The third-order valence-corrected chi connectivity index (χ3v) is 5.29. The summed E-state index contributed by atoms with van der Waals surface area (Å²) < 4.78 is 26.7. The summed E-state index contributed by atoms with van der Waals surface area (Å²) in [5.74, 6) is -0.226. The molecule has 36 heavy (non-hydrogen) atoms. The molecule has 1 heterocycles. The van der Waals surface area contributed by atoms with Gasteiger partial charge >= 0.3 is 0 Å². The summed E-state index contributed by atoms with van der Waals surface area (Å²) in [6, 6.07) is 0. The van der Waals surface area contributed by atoms with Crippen LogP contribution in [0.2, 0.25) is 0 Å². The van der Waals surface area contributed by atoms with Gasteiger partial charge in [0.2, 0.25) is 11.8 Å². The number of carbonyl (C=O) groups is 2. The second-order valence-corrected chi connectivity index (χ2v) is 8.27. The van der Waals surface area contributed by atoms with E-state index in [0.29, 0.717) is 46.1 Å². The molecule has 0 saturated carbocycles. The quantitative estimate of drug-likeness (QED) is 0.0865. The van der Waals surface area contributed by atoms with Crippen molar-refractivity contribution >= 4 is 11.8 Å². The molecule has 2 amide bonds. The lowest BCUT2D eigenvalue weighted by Gasteiger charge is -2.36. The molecule has 0 spiro atoms. The fourth-order valence-corrected chi connectivity index (χ4v) is 3.28. The third kappa shape index (κ3) is 16.3. The molecular formula is C23H44N2O11. The first-order valence-electron chi connectivity index (χ1n) is 12.6. The molecule has 0 radical (unpaired) electrons. The lowest BCUT2D eigenvalue weighted by molar-refractivity contribution is -0.256. The Balaban J connectivity index is 1.84. The first-order chi connectivity index (χ1) is 17.5. The second kappa shape index (κ2) is 21.6. The van der Waals surface area contributed by atoms with Gasteiger partial charge in [0.25, 0.3) is 0 Å². The van der Waals surface area contributed by atoms with Crippen molar-refractivity contribution in [2.75, 3.05) is 72.6 Å². The van der Waals surface area contributed by atoms with Crippen LogP contribution in [-0.2, 0) is 33.3 Å². The summed E-state index contributed by atoms with van der Waals surface area (Å²) >= 11 is 0. The van der Waals surface area contributed by atoms with Gasteiger partial charge in [-0.25, -0.2) is 0 Å². The number of hydrogen-bond acceptors (Lipinski definition) is 11. The topological polar surface area (TPSA) is 185 Å². The highest BCUT2D eigenvalue weighted by atomic mass is 16.7. The van der Waals surface area contributed by atoms with Gasteiger partial charge in [0, 0.05) is 39.0 Å². The molecule has 0 unspecified atom stereocenters. The monoisotopic (exact) mass is 524 g/mol. The van der Waals surface area contributed by atoms with Crippen LogP contribution in [0.3, 0.4) is 0 Å². The van der Waals surface area contributed by atoms with Gasteiger partial charge in [0.05, 0.1) is 59.0 Å². The van der Waals surface area contributed by atoms with E-state index in [0.717, 1.165) is 19.3 Å². The Kier molecular flexibility index (Phi) is 19.6. The predicted octanol–water partition coefficient (Wildman–Crippen LogP) is -1.94. The molecule has 1 aliphatic rings. The second-order valence-electron chi connectivity index (χ2n) is 8.27. The number of hydrogen-bond donors (Lipinski definition) is 6. The van der Waals surface area contributed by atoms with Gasteiger partial charge in [-0.1, -0.05) is 0 Å². The Labute approximate surface area is 212 Å². The molecular weight excluding hydrogens is 480 g/mol. The molecule has 4 atom stereocenters. The van der Waals surface area contributed by atoms with Crippen molar-refractivity contribution in [2.24, 2.45) is 0 Å². The van der Waals surface area contributed by atoms with E-state index in [1.54, 1.807) is 0 Å². The number of carbonyl (C=O) groups excluding carboxylic acids is 2. The largest absolute Gasteiger partial charge is 0.394 e. The van der Waals surface area contributed by atoms with E-state index in [1.165, 1.54) is 0 Å². The van der Waals surface area contributed by atoms with Crippen molar-refractivity contribution in [1.29, 1.82) is 0 Å². The lowest BCUT2D eigenvalue weighted by atomic mass is 10.0. The van der Waals surface area contributed by atoms with Crippen LogP contribution in [0.25, 0.3) is 0 Å². The highest BCUT2D eigenvalue weighted by Crippen LogP contribution is 2.21. The summed E-state index contributed by atoms with van der Waals surface area (Å²) in [6.07, 6.45) is -0.555. The van der Waals surface area contributed by atoms with E-state index in [4.69, 9.17) is 33.9 Å². The normalized spacial score (nSPS) is 21.9. The first kappa shape index (κ1) is 32.6. The van der Waals surface area contributed by atoms with Crippen LogP contribution in [-0.4, -0.2) is 129 Å². The van der Waals surface area contributed by atoms with Gasteiger partial charge in [-0.15, -0.1) is 0 Å². The maximum atomic E-state index is 11.8. The zero-order chi connectivity index (χ0) is 26.4. The molecule has 0 bridgehead atoms. The fraction of sp³-hybridized carbons (Fsp3) is 0.913. The lowest BCUT2D eigenvalue weighted by Crippen LogP contribution is -2.50. The van der Waals surface area contributed by atoms with Crippen LogP contribution in [0.1, 0.15) is 38.5 Å². The molecule has 13 heteroatoms. The van der Waals surface area contributed by atoms with Crippen molar-refractivity contribution in [3.8, 4) is 0 Å². The van der Waals surface area contributed by atoms with Gasteiger partial charge in [0.15, 0.2) is 6.29 Å². The Morgan fingerprint density at radius 2 is 1.42 bits per heavy atom. The molecule has 13 nitrogen and oxygen atoms in total. The van der Waals surface area contributed by atoms with E-state index >= 15 is 0 Å². The minimum Gasteiger partial charge on any atom is -0.394 e. The Hall–Kier alpha value is -1.42. The van der Waals surface area contributed by atoms with E-state index < -0.39 is 24.6 Å². The smallest absolute Gasteiger partial charge is 0.222 e. The number of rotatable bonds is 22. The van der Waals surface area contributed by atoms with Crippen LogP contribution in [0.4, 0.5) is 0 Å². The molecule has 1 aliphatic heterocycles. The van der Waals surface area contributed by atoms with Gasteiger partial charge < -0.3 is 54.7 Å². The standard InChI is InChI=1S/C23H44N2O11/c26-8-13-32-10-4-21(30)25-7-12-34-15-14-33-11-5-20(29)24-6-2-1-3-9-35-22-16-18(28)23(31)19(17-27)36-22/h18-19,22-23,26-28,31H,1-17H2,(H,24,29)(H,25,30)/t18-,19-,22-,23-/m1/s1. The zero-order valence-electron chi connectivity index (χ0n) is 21.0. The van der Waals surface area contributed by atoms with Crippen LogP contribution < -0.4 is 10.6 Å². The van der Waals surface area contributed by atoms with Gasteiger partial charge in [-0.05, 0) is 19.3 Å². The van der Waals surface area contributed by atoms with Crippen molar-refractivity contribution in [3.63, 3.8) is 0 Å². The summed E-state index contributed by atoms with van der Waals surface area (Å²) in [6.45, 7) is 2.79. The molecule has 0 aromatic heterocycles. The van der Waals surface area contributed by atoms with Crippen LogP contribution in [0.5, 0.6) is 0 Å². The summed E-state index contributed by atoms with van der Waals surface area (Å²) in [5.41, 5.74) is 0. The molecule has 1 saturated heterocycles. The minimum atomic E-state index is -1.11. The molecule has 212 valence electrons. The SMILES string of the molecule is O=C(CCOCCO)NCCOCCOCCC(=O)NCCCCCO[C@H]1C[C@@H](O)[C@@H](O)[C@@H](CO)O1. The maximum Gasteiger partial charge on any atom is 0.222 e. The minimum absolute atomic E-state index is 0.0631. The van der Waals surface area contributed by atoms with E-state index in [9.17, 15) is 19.8 Å². The number of nitrogens with one attached hydrogen (secondary N) is 2. The van der Waals surface area contributed by atoms with Crippen LogP contribution >= 0.6 is 0 Å². The van der Waals surface area contributed by atoms with Gasteiger partial charge in [-0.3, -0.25) is 9.59 Å². The van der Waals surface area contributed by atoms with Crippen LogP contribution in [0, 0.1) is 0 Å². The van der Waals surface area contributed by atoms with Crippen molar-refractivity contribution < 1.29 is 53.7 Å². The molecule has 0 aromatic rings. The van der Waals surface area contributed by atoms with Crippen molar-refractivity contribution in [2.45, 2.75) is 63.1 Å². The summed E-state index contributed by atoms with van der Waals surface area (Å²) in [7, 11) is 0. The molecule has 1 fully saturated rings. The highest BCUT2D eigenvalue weighted by Gasteiger charge is 2.36. The van der Waals surface area contributed by atoms with Crippen molar-refractivity contribution in [3.05, 3.63) is 0 Å². The van der Waals surface area contributed by atoms with Crippen molar-refractivity contribution in [1.82, 2.24) is 10.6 Å². The number of amides is 2. The summed E-state index contributed by atoms with van der Waals surface area (Å²) in [4.78, 5) is 23.3. The number of aliphatic hydroxyl groups is 4. The van der Waals surface area contributed by atoms with Crippen LogP contribution in [0.15, 0.2) is 0 Å². The Morgan fingerprint density at radius 3 is 2.08 bits per heavy atom. The predicted molar refractivity (Wildman–Crippen MR) is 127 cm³/mol. The Morgan fingerprint density at radius 1 is 0.778 bits per heavy atom. The van der Waals surface area contributed by atoms with Gasteiger partial charge in [0.1, 0.15) is 12.2 Å². The highest BCUT2D eigenvalue weighted by molar-refractivity contribution is 5.76. The van der Waals surface area contributed by atoms with E-state index in [1.807, 2.05) is 0 Å². The fourth-order valence-electron chi connectivity index (χ4n) is 3.28. The average Bonchev–Trinajstić information content (AvgIpc) is 2.86. The first-order valence-corrected chi connectivity index (χ1v) is 12.6. The Bertz CT molecular complexity index is 570.